The van der Waals surface area contributed by atoms with Gasteiger partial charge in [0.2, 0.25) is 0 Å². The van der Waals surface area contributed by atoms with Gasteiger partial charge in [0.25, 0.3) is 0 Å². The van der Waals surface area contributed by atoms with E-state index in [0.717, 1.165) is 19.0 Å². The van der Waals surface area contributed by atoms with Crippen LogP contribution in [0.3, 0.4) is 0 Å². The molecule has 3 nitrogen and oxygen atoms in total. The van der Waals surface area contributed by atoms with Gasteiger partial charge in [-0.3, -0.25) is 4.90 Å². The van der Waals surface area contributed by atoms with Gasteiger partial charge in [-0.05, 0) is 25.3 Å². The first-order valence-electron chi connectivity index (χ1n) is 6.25. The molecule has 2 aliphatic rings. The summed E-state index contributed by atoms with van der Waals surface area (Å²) in [5.41, 5.74) is 0. The molecular weight excluding hydrogens is 188 g/mol. The molecule has 0 aromatic carbocycles. The van der Waals surface area contributed by atoms with Crippen LogP contribution < -0.4 is 0 Å². The van der Waals surface area contributed by atoms with Gasteiger partial charge in [0.1, 0.15) is 0 Å². The lowest BCUT2D eigenvalue weighted by Crippen LogP contribution is -2.54. The van der Waals surface area contributed by atoms with Gasteiger partial charge in [0.05, 0.1) is 6.10 Å². The topological polar surface area (TPSA) is 15.7 Å². The van der Waals surface area contributed by atoms with Crippen molar-refractivity contribution < 1.29 is 4.74 Å². The van der Waals surface area contributed by atoms with E-state index in [0.29, 0.717) is 6.10 Å². The van der Waals surface area contributed by atoms with Gasteiger partial charge < -0.3 is 9.64 Å². The van der Waals surface area contributed by atoms with E-state index in [-0.39, 0.29) is 0 Å². The Bertz CT molecular complexity index is 192. The molecule has 15 heavy (non-hydrogen) atoms. The van der Waals surface area contributed by atoms with E-state index in [1.165, 1.54) is 39.0 Å². The fourth-order valence-corrected chi connectivity index (χ4v) is 2.63. The lowest BCUT2D eigenvalue weighted by atomic mass is 10.0. The maximum Gasteiger partial charge on any atom is 0.0824 e. The summed E-state index contributed by atoms with van der Waals surface area (Å²) in [6.07, 6.45) is 3.32. The maximum atomic E-state index is 5.27. The van der Waals surface area contributed by atoms with Gasteiger partial charge in [0, 0.05) is 39.8 Å². The Morgan fingerprint density at radius 1 is 1.13 bits per heavy atom. The SMILES string of the molecule is COC1CN(CCN2CCC[C@H](C)C2)C1. The third-order valence-corrected chi connectivity index (χ3v) is 3.73. The van der Waals surface area contributed by atoms with Crippen LogP contribution in [-0.4, -0.2) is 62.3 Å². The molecule has 0 aromatic heterocycles. The van der Waals surface area contributed by atoms with Crippen LogP contribution in [0, 0.1) is 5.92 Å². The van der Waals surface area contributed by atoms with Crippen LogP contribution in [-0.2, 0) is 4.74 Å². The van der Waals surface area contributed by atoms with Crippen LogP contribution in [0.4, 0.5) is 0 Å². The second-order valence-electron chi connectivity index (χ2n) is 5.17. The molecule has 0 spiro atoms. The average molecular weight is 212 g/mol. The summed E-state index contributed by atoms with van der Waals surface area (Å²) in [4.78, 5) is 5.11. The Morgan fingerprint density at radius 3 is 2.53 bits per heavy atom. The largest absolute Gasteiger partial charge is 0.379 e. The number of hydrogen-bond acceptors (Lipinski definition) is 3. The van der Waals surface area contributed by atoms with Crippen molar-refractivity contribution in [3.05, 3.63) is 0 Å². The monoisotopic (exact) mass is 212 g/mol. The number of rotatable bonds is 4. The Kier molecular flexibility index (Phi) is 4.00. The molecule has 0 radical (unpaired) electrons. The highest BCUT2D eigenvalue weighted by Crippen LogP contribution is 2.16. The minimum absolute atomic E-state index is 0.505. The summed E-state index contributed by atoms with van der Waals surface area (Å²) in [7, 11) is 1.81. The summed E-state index contributed by atoms with van der Waals surface area (Å²) in [6.45, 7) is 9.75. The van der Waals surface area contributed by atoms with Crippen LogP contribution >= 0.6 is 0 Å². The van der Waals surface area contributed by atoms with Gasteiger partial charge in [0.15, 0.2) is 0 Å². The van der Waals surface area contributed by atoms with Crippen molar-refractivity contribution in [2.45, 2.75) is 25.9 Å². The second-order valence-corrected chi connectivity index (χ2v) is 5.17. The summed E-state index contributed by atoms with van der Waals surface area (Å²) in [5, 5.41) is 0. The van der Waals surface area contributed by atoms with E-state index in [1.807, 2.05) is 7.11 Å². The predicted molar refractivity (Wildman–Crippen MR) is 62.1 cm³/mol. The molecule has 1 atom stereocenters. The lowest BCUT2D eigenvalue weighted by Gasteiger charge is -2.40. The molecule has 88 valence electrons. The van der Waals surface area contributed by atoms with E-state index >= 15 is 0 Å². The molecular formula is C12H24N2O. The van der Waals surface area contributed by atoms with Crippen molar-refractivity contribution >= 4 is 0 Å². The number of nitrogens with zero attached hydrogens (tertiary/aromatic N) is 2. The molecule has 2 saturated heterocycles. The molecule has 2 rings (SSSR count). The zero-order valence-electron chi connectivity index (χ0n) is 10.1. The van der Waals surface area contributed by atoms with Crippen LogP contribution in [0.2, 0.25) is 0 Å². The maximum absolute atomic E-state index is 5.27. The molecule has 0 unspecified atom stereocenters. The summed E-state index contributed by atoms with van der Waals surface area (Å²) in [6, 6.07) is 0. The van der Waals surface area contributed by atoms with Crippen molar-refractivity contribution in [3.63, 3.8) is 0 Å². The standard InChI is InChI=1S/C12H24N2O/c1-11-4-3-5-13(8-11)6-7-14-9-12(10-14)15-2/h11-12H,3-10H2,1-2H3/t11-/m0/s1. The number of piperidine rings is 1. The van der Waals surface area contributed by atoms with Crippen molar-refractivity contribution in [2.24, 2.45) is 5.92 Å². The van der Waals surface area contributed by atoms with E-state index in [1.54, 1.807) is 0 Å². The third-order valence-electron chi connectivity index (χ3n) is 3.73. The zero-order valence-corrected chi connectivity index (χ0v) is 10.1. The van der Waals surface area contributed by atoms with Crippen LogP contribution in [0.5, 0.6) is 0 Å². The smallest absolute Gasteiger partial charge is 0.0824 e. The molecule has 0 bridgehead atoms. The van der Waals surface area contributed by atoms with Crippen molar-refractivity contribution in [2.75, 3.05) is 46.4 Å². The highest BCUT2D eigenvalue weighted by molar-refractivity contribution is 4.81. The van der Waals surface area contributed by atoms with E-state index < -0.39 is 0 Å². The Labute approximate surface area is 93.4 Å². The van der Waals surface area contributed by atoms with Crippen molar-refractivity contribution in [1.29, 1.82) is 0 Å². The lowest BCUT2D eigenvalue weighted by molar-refractivity contribution is -0.0333. The van der Waals surface area contributed by atoms with Crippen LogP contribution in [0.15, 0.2) is 0 Å². The highest BCUT2D eigenvalue weighted by atomic mass is 16.5. The minimum atomic E-state index is 0.505. The molecule has 0 aromatic rings. The Hall–Kier alpha value is -0.120. The summed E-state index contributed by atoms with van der Waals surface area (Å²) >= 11 is 0. The number of likely N-dealkylation sites (tertiary alicyclic amines) is 2. The van der Waals surface area contributed by atoms with Crippen molar-refractivity contribution in [1.82, 2.24) is 9.80 Å². The van der Waals surface area contributed by atoms with Crippen molar-refractivity contribution in [3.8, 4) is 0 Å². The van der Waals surface area contributed by atoms with E-state index in [9.17, 15) is 0 Å². The first kappa shape index (κ1) is 11.4. The molecule has 0 saturated carbocycles. The molecule has 0 N–H and O–H groups in total. The zero-order chi connectivity index (χ0) is 10.7. The molecule has 2 aliphatic heterocycles. The second kappa shape index (κ2) is 5.28. The first-order chi connectivity index (χ1) is 7.28. The van der Waals surface area contributed by atoms with E-state index in [2.05, 4.69) is 16.7 Å². The fourth-order valence-electron chi connectivity index (χ4n) is 2.63. The van der Waals surface area contributed by atoms with Gasteiger partial charge in [-0.15, -0.1) is 0 Å². The fraction of sp³-hybridized carbons (Fsp3) is 1.00. The first-order valence-corrected chi connectivity index (χ1v) is 6.25. The van der Waals surface area contributed by atoms with E-state index in [4.69, 9.17) is 4.74 Å². The minimum Gasteiger partial charge on any atom is -0.379 e. The van der Waals surface area contributed by atoms with Gasteiger partial charge in [-0.2, -0.15) is 0 Å². The van der Waals surface area contributed by atoms with Crippen LogP contribution in [0.25, 0.3) is 0 Å². The number of ether oxygens (including phenoxy) is 1. The quantitative estimate of drug-likeness (QED) is 0.693. The molecule has 2 fully saturated rings. The summed E-state index contributed by atoms with van der Waals surface area (Å²) in [5.74, 6) is 0.905. The normalized spacial score (nSPS) is 30.4. The van der Waals surface area contributed by atoms with Crippen LogP contribution in [0.1, 0.15) is 19.8 Å². The molecule has 0 amide bonds. The number of methoxy groups -OCH3 is 1. The molecule has 3 heteroatoms. The third kappa shape index (κ3) is 3.16. The molecule has 2 heterocycles. The molecule has 0 aliphatic carbocycles. The predicted octanol–water partition coefficient (Wildman–Crippen LogP) is 1.05. The van der Waals surface area contributed by atoms with Gasteiger partial charge in [-0.1, -0.05) is 6.92 Å². The van der Waals surface area contributed by atoms with Gasteiger partial charge in [-0.25, -0.2) is 0 Å². The number of hydrogen-bond donors (Lipinski definition) is 0. The summed E-state index contributed by atoms with van der Waals surface area (Å²) < 4.78 is 5.27. The Balaban J connectivity index is 1.58. The average Bonchev–Trinajstić information content (AvgIpc) is 2.16. The highest BCUT2D eigenvalue weighted by Gasteiger charge is 2.26. The Morgan fingerprint density at radius 2 is 1.87 bits per heavy atom. The van der Waals surface area contributed by atoms with Gasteiger partial charge >= 0.3 is 0 Å².